The highest BCUT2D eigenvalue weighted by Crippen LogP contribution is 2.24. The average molecular weight is 275 g/mol. The average Bonchev–Trinajstić information content (AvgIpc) is 2.43. The molecular weight excluding hydrogens is 256 g/mol. The molecule has 0 saturated carbocycles. The quantitative estimate of drug-likeness (QED) is 0.886. The summed E-state index contributed by atoms with van der Waals surface area (Å²) in [6, 6.07) is 10.3. The lowest BCUT2D eigenvalue weighted by molar-refractivity contribution is 0.504. The van der Waals surface area contributed by atoms with Gasteiger partial charge in [0.15, 0.2) is 11.6 Å². The molecule has 0 radical (unpaired) electrons. The molecule has 0 heterocycles. The molecule has 1 unspecified atom stereocenters. The van der Waals surface area contributed by atoms with Crippen LogP contribution >= 0.6 is 0 Å². The smallest absolute Gasteiger partial charge is 0.159 e. The van der Waals surface area contributed by atoms with Gasteiger partial charge in [-0.15, -0.1) is 0 Å². The van der Waals surface area contributed by atoms with Gasteiger partial charge in [0.2, 0.25) is 0 Å². The van der Waals surface area contributed by atoms with E-state index >= 15 is 0 Å². The van der Waals surface area contributed by atoms with Gasteiger partial charge in [0.1, 0.15) is 0 Å². The Hall–Kier alpha value is -1.74. The highest BCUT2D eigenvalue weighted by molar-refractivity contribution is 5.36. The van der Waals surface area contributed by atoms with Crippen LogP contribution in [0.4, 0.5) is 8.78 Å². The van der Waals surface area contributed by atoms with E-state index in [-0.39, 0.29) is 6.04 Å². The first-order chi connectivity index (χ1) is 9.52. The van der Waals surface area contributed by atoms with Gasteiger partial charge >= 0.3 is 0 Å². The van der Waals surface area contributed by atoms with Crippen molar-refractivity contribution in [3.8, 4) is 0 Å². The molecule has 0 bridgehead atoms. The van der Waals surface area contributed by atoms with Crippen molar-refractivity contribution in [1.29, 1.82) is 0 Å². The summed E-state index contributed by atoms with van der Waals surface area (Å²) in [5, 5.41) is 3.25. The lowest BCUT2D eigenvalue weighted by Gasteiger charge is -2.20. The maximum atomic E-state index is 13.3. The van der Waals surface area contributed by atoms with Gasteiger partial charge in [0, 0.05) is 6.04 Å². The van der Waals surface area contributed by atoms with E-state index in [9.17, 15) is 8.78 Å². The summed E-state index contributed by atoms with van der Waals surface area (Å²) in [7, 11) is 1.88. The summed E-state index contributed by atoms with van der Waals surface area (Å²) in [5.41, 5.74) is 4.43. The van der Waals surface area contributed by atoms with Gasteiger partial charge in [-0.2, -0.15) is 0 Å². The molecule has 0 fully saturated rings. The molecule has 3 heteroatoms. The lowest BCUT2D eigenvalue weighted by atomic mass is 9.93. The van der Waals surface area contributed by atoms with E-state index in [0.29, 0.717) is 6.42 Å². The Labute approximate surface area is 118 Å². The Kier molecular flexibility index (Phi) is 4.50. The topological polar surface area (TPSA) is 12.0 Å². The minimum atomic E-state index is -0.804. The fourth-order valence-corrected chi connectivity index (χ4v) is 2.42. The zero-order valence-electron chi connectivity index (χ0n) is 12.0. The SMILES string of the molecule is CNC(Cc1ccc(F)c(F)c1)c1cccc(C)c1C. The minimum Gasteiger partial charge on any atom is -0.313 e. The summed E-state index contributed by atoms with van der Waals surface area (Å²) >= 11 is 0. The standard InChI is InChI=1S/C17H19F2N/c1-11-5-4-6-14(12(11)2)17(20-3)10-13-7-8-15(18)16(19)9-13/h4-9,17,20H,10H2,1-3H3. The van der Waals surface area contributed by atoms with Crippen LogP contribution in [-0.4, -0.2) is 7.05 Å². The number of hydrogen-bond donors (Lipinski definition) is 1. The van der Waals surface area contributed by atoms with Crippen LogP contribution in [0.15, 0.2) is 36.4 Å². The van der Waals surface area contributed by atoms with Crippen molar-refractivity contribution >= 4 is 0 Å². The number of aryl methyl sites for hydroxylation is 1. The Balaban J connectivity index is 2.28. The molecule has 1 nitrogen and oxygen atoms in total. The first kappa shape index (κ1) is 14.7. The van der Waals surface area contributed by atoms with Crippen molar-refractivity contribution in [2.45, 2.75) is 26.3 Å². The third-order valence-electron chi connectivity index (χ3n) is 3.79. The molecule has 0 saturated heterocycles. The van der Waals surface area contributed by atoms with Gasteiger partial charge in [-0.25, -0.2) is 8.78 Å². The molecule has 20 heavy (non-hydrogen) atoms. The number of nitrogens with one attached hydrogen (secondary N) is 1. The number of hydrogen-bond acceptors (Lipinski definition) is 1. The normalized spacial score (nSPS) is 12.4. The van der Waals surface area contributed by atoms with Crippen LogP contribution in [0.5, 0.6) is 0 Å². The molecule has 1 N–H and O–H groups in total. The molecule has 2 aromatic carbocycles. The van der Waals surface area contributed by atoms with E-state index in [2.05, 4.69) is 31.3 Å². The van der Waals surface area contributed by atoms with E-state index in [1.165, 1.54) is 28.8 Å². The zero-order valence-corrected chi connectivity index (χ0v) is 12.0. The second kappa shape index (κ2) is 6.14. The zero-order chi connectivity index (χ0) is 14.7. The van der Waals surface area contributed by atoms with Gasteiger partial charge in [0.05, 0.1) is 0 Å². The van der Waals surface area contributed by atoms with Crippen LogP contribution in [0.25, 0.3) is 0 Å². The van der Waals surface area contributed by atoms with Crippen LogP contribution in [-0.2, 0) is 6.42 Å². The van der Waals surface area contributed by atoms with Crippen LogP contribution in [0.2, 0.25) is 0 Å². The van der Waals surface area contributed by atoms with Crippen LogP contribution < -0.4 is 5.32 Å². The molecule has 2 aromatic rings. The molecule has 2 rings (SSSR count). The Morgan fingerprint density at radius 1 is 1.05 bits per heavy atom. The summed E-state index contributed by atoms with van der Waals surface area (Å²) in [6.45, 7) is 4.16. The lowest BCUT2D eigenvalue weighted by Crippen LogP contribution is -2.20. The third kappa shape index (κ3) is 3.05. The second-order valence-electron chi connectivity index (χ2n) is 5.08. The fraction of sp³-hybridized carbons (Fsp3) is 0.294. The maximum absolute atomic E-state index is 13.3. The molecule has 0 aliphatic heterocycles. The molecule has 0 spiro atoms. The maximum Gasteiger partial charge on any atom is 0.159 e. The molecular formula is C17H19F2N. The van der Waals surface area contributed by atoms with E-state index in [1.54, 1.807) is 6.07 Å². The van der Waals surface area contributed by atoms with Crippen molar-refractivity contribution in [3.63, 3.8) is 0 Å². The Bertz CT molecular complexity index is 608. The van der Waals surface area contributed by atoms with E-state index in [4.69, 9.17) is 0 Å². The number of benzene rings is 2. The third-order valence-corrected chi connectivity index (χ3v) is 3.79. The monoisotopic (exact) mass is 275 g/mol. The number of halogens is 2. The molecule has 106 valence electrons. The van der Waals surface area contributed by atoms with Gasteiger partial charge in [-0.1, -0.05) is 24.3 Å². The largest absolute Gasteiger partial charge is 0.313 e. The predicted octanol–water partition coefficient (Wildman–Crippen LogP) is 4.08. The molecule has 0 amide bonds. The highest BCUT2D eigenvalue weighted by Gasteiger charge is 2.14. The molecule has 1 atom stereocenters. The highest BCUT2D eigenvalue weighted by atomic mass is 19.2. The minimum absolute atomic E-state index is 0.0831. The van der Waals surface area contributed by atoms with Crippen LogP contribution in [0.1, 0.15) is 28.3 Å². The van der Waals surface area contributed by atoms with Crippen molar-refractivity contribution in [3.05, 3.63) is 70.3 Å². The predicted molar refractivity (Wildman–Crippen MR) is 77.8 cm³/mol. The molecule has 0 aliphatic carbocycles. The van der Waals surface area contributed by atoms with Crippen molar-refractivity contribution < 1.29 is 8.78 Å². The van der Waals surface area contributed by atoms with Crippen LogP contribution in [0.3, 0.4) is 0 Å². The number of rotatable bonds is 4. The van der Waals surface area contributed by atoms with E-state index in [0.717, 1.165) is 5.56 Å². The number of likely N-dealkylation sites (N-methyl/N-ethyl adjacent to an activating group) is 1. The van der Waals surface area contributed by atoms with Gasteiger partial charge in [-0.3, -0.25) is 0 Å². The Morgan fingerprint density at radius 2 is 1.80 bits per heavy atom. The Morgan fingerprint density at radius 3 is 2.45 bits per heavy atom. The second-order valence-corrected chi connectivity index (χ2v) is 5.08. The first-order valence-electron chi connectivity index (χ1n) is 6.70. The van der Waals surface area contributed by atoms with E-state index in [1.807, 2.05) is 13.1 Å². The molecule has 0 aliphatic rings. The molecule has 0 aromatic heterocycles. The fourth-order valence-electron chi connectivity index (χ4n) is 2.42. The summed E-state index contributed by atoms with van der Waals surface area (Å²) in [5.74, 6) is -1.60. The van der Waals surface area contributed by atoms with Crippen molar-refractivity contribution in [1.82, 2.24) is 5.32 Å². The van der Waals surface area contributed by atoms with E-state index < -0.39 is 11.6 Å². The summed E-state index contributed by atoms with van der Waals surface area (Å²) in [6.07, 6.45) is 0.623. The van der Waals surface area contributed by atoms with Gasteiger partial charge in [0.25, 0.3) is 0 Å². The van der Waals surface area contributed by atoms with Crippen molar-refractivity contribution in [2.24, 2.45) is 0 Å². The van der Waals surface area contributed by atoms with Crippen LogP contribution in [0, 0.1) is 25.5 Å². The van der Waals surface area contributed by atoms with Crippen molar-refractivity contribution in [2.75, 3.05) is 7.05 Å². The summed E-state index contributed by atoms with van der Waals surface area (Å²) < 4.78 is 26.3. The van der Waals surface area contributed by atoms with Gasteiger partial charge < -0.3 is 5.32 Å². The first-order valence-corrected chi connectivity index (χ1v) is 6.70. The summed E-state index contributed by atoms with van der Waals surface area (Å²) in [4.78, 5) is 0. The van der Waals surface area contributed by atoms with Gasteiger partial charge in [-0.05, 0) is 61.7 Å².